The summed E-state index contributed by atoms with van der Waals surface area (Å²) < 4.78 is 28.8. The van der Waals surface area contributed by atoms with Crippen molar-refractivity contribution in [3.63, 3.8) is 0 Å². The molecule has 0 spiro atoms. The van der Waals surface area contributed by atoms with E-state index < -0.39 is 7.60 Å². The van der Waals surface area contributed by atoms with Crippen molar-refractivity contribution in [3.8, 4) is 0 Å². The van der Waals surface area contributed by atoms with E-state index in [1.54, 1.807) is 0 Å². The maximum Gasteiger partial charge on any atom is 0.360 e. The highest BCUT2D eigenvalue weighted by molar-refractivity contribution is 7.58. The summed E-state index contributed by atoms with van der Waals surface area (Å²) >= 11 is 0. The van der Waals surface area contributed by atoms with E-state index in [1.807, 2.05) is 32.9 Å². The van der Waals surface area contributed by atoms with Gasteiger partial charge >= 0.3 is 7.60 Å². The topological polar surface area (TPSA) is 44.8 Å². The fourth-order valence-corrected chi connectivity index (χ4v) is 3.62. The quantitative estimate of drug-likeness (QED) is 0.556. The summed E-state index contributed by atoms with van der Waals surface area (Å²) in [5.41, 5.74) is 0. The first-order chi connectivity index (χ1) is 8.14. The molecule has 1 aliphatic heterocycles. The van der Waals surface area contributed by atoms with Crippen molar-refractivity contribution >= 4 is 7.60 Å². The summed E-state index contributed by atoms with van der Waals surface area (Å²) in [4.78, 5) is 0. The maximum atomic E-state index is 12.6. The molecular weight excluding hydrogens is 239 g/mol. The van der Waals surface area contributed by atoms with Crippen LogP contribution in [-0.2, 0) is 18.3 Å². The molecule has 1 rings (SSSR count). The van der Waals surface area contributed by atoms with Gasteiger partial charge < -0.3 is 13.8 Å². The molecule has 0 unspecified atom stereocenters. The van der Waals surface area contributed by atoms with Gasteiger partial charge in [-0.3, -0.25) is 4.57 Å². The lowest BCUT2D eigenvalue weighted by molar-refractivity contribution is 0.215. The monoisotopic (exact) mass is 260 g/mol. The Labute approximate surface area is 103 Å². The molecule has 1 aliphatic rings. The number of ether oxygens (including phenoxy) is 1. The van der Waals surface area contributed by atoms with E-state index in [-0.39, 0.29) is 0 Å². The molecule has 0 amide bonds. The second-order valence-corrected chi connectivity index (χ2v) is 5.71. The zero-order chi connectivity index (χ0) is 12.7. The van der Waals surface area contributed by atoms with E-state index in [4.69, 9.17) is 13.8 Å². The van der Waals surface area contributed by atoms with Crippen LogP contribution in [0.4, 0.5) is 0 Å². The van der Waals surface area contributed by atoms with Crippen LogP contribution in [0, 0.1) is 0 Å². The van der Waals surface area contributed by atoms with E-state index in [0.717, 1.165) is 6.42 Å². The number of hydrogen-bond donors (Lipinski definition) is 0. The van der Waals surface area contributed by atoms with Gasteiger partial charge in [0.2, 0.25) is 0 Å². The predicted molar refractivity (Wildman–Crippen MR) is 67.9 cm³/mol. The van der Waals surface area contributed by atoms with Crippen LogP contribution in [0.2, 0.25) is 0 Å². The molecule has 0 aromatic carbocycles. The maximum absolute atomic E-state index is 12.6. The lowest BCUT2D eigenvalue weighted by Crippen LogP contribution is -2.04. The van der Waals surface area contributed by atoms with Gasteiger partial charge in [0.1, 0.15) is 12.4 Å². The first-order valence-electron chi connectivity index (χ1n) is 6.01. The molecule has 0 aromatic rings. The third-order valence-electron chi connectivity index (χ3n) is 2.45. The Bertz CT molecular complexity index is 336. The second-order valence-electron chi connectivity index (χ2n) is 3.66. The SMILES string of the molecule is CCOP(=O)(OCC)/C1=C(\C)OC/C=C\CC1. The van der Waals surface area contributed by atoms with Gasteiger partial charge in [-0.05, 0) is 33.6 Å². The van der Waals surface area contributed by atoms with E-state index in [1.165, 1.54) is 0 Å². The first-order valence-corrected chi connectivity index (χ1v) is 7.55. The van der Waals surface area contributed by atoms with Gasteiger partial charge in [-0.25, -0.2) is 0 Å². The van der Waals surface area contributed by atoms with E-state index in [2.05, 4.69) is 0 Å². The Morgan fingerprint density at radius 3 is 2.53 bits per heavy atom. The summed E-state index contributed by atoms with van der Waals surface area (Å²) in [7, 11) is -3.18. The van der Waals surface area contributed by atoms with Crippen LogP contribution < -0.4 is 0 Å². The van der Waals surface area contributed by atoms with E-state index >= 15 is 0 Å². The molecule has 98 valence electrons. The average molecular weight is 260 g/mol. The minimum Gasteiger partial charge on any atom is -0.494 e. The van der Waals surface area contributed by atoms with Crippen molar-refractivity contribution < 1.29 is 18.3 Å². The first kappa shape index (κ1) is 14.5. The fourth-order valence-electron chi connectivity index (χ4n) is 1.70. The fraction of sp³-hybridized carbons (Fsp3) is 0.667. The second kappa shape index (κ2) is 7.00. The van der Waals surface area contributed by atoms with Crippen molar-refractivity contribution in [2.45, 2.75) is 33.6 Å². The zero-order valence-electron chi connectivity index (χ0n) is 10.8. The summed E-state index contributed by atoms with van der Waals surface area (Å²) in [5.74, 6) is 0.666. The standard InChI is InChI=1S/C12H21O4P/c1-4-15-17(13,16-5-2)12-9-7-6-8-10-14-11(12)3/h6,8H,4-5,7,9-10H2,1-3H3/b8-6-,12-11+. The van der Waals surface area contributed by atoms with Crippen molar-refractivity contribution in [1.29, 1.82) is 0 Å². The highest BCUT2D eigenvalue weighted by atomic mass is 31.2. The molecule has 0 aromatic heterocycles. The van der Waals surface area contributed by atoms with Gasteiger partial charge in [0, 0.05) is 0 Å². The van der Waals surface area contributed by atoms with Gasteiger partial charge in [0.15, 0.2) is 0 Å². The van der Waals surface area contributed by atoms with Gasteiger partial charge in [-0.15, -0.1) is 0 Å². The van der Waals surface area contributed by atoms with Gasteiger partial charge in [-0.2, -0.15) is 0 Å². The largest absolute Gasteiger partial charge is 0.494 e. The van der Waals surface area contributed by atoms with Crippen LogP contribution in [0.3, 0.4) is 0 Å². The summed E-state index contributed by atoms with van der Waals surface area (Å²) in [6, 6.07) is 0. The molecule has 0 aliphatic carbocycles. The molecule has 0 fully saturated rings. The average Bonchev–Trinajstić information content (AvgIpc) is 2.24. The Hall–Kier alpha value is -0.570. The molecule has 17 heavy (non-hydrogen) atoms. The van der Waals surface area contributed by atoms with Gasteiger partial charge in [0.05, 0.1) is 18.5 Å². The van der Waals surface area contributed by atoms with Crippen molar-refractivity contribution in [2.24, 2.45) is 0 Å². The van der Waals surface area contributed by atoms with Crippen molar-refractivity contribution in [1.82, 2.24) is 0 Å². The highest BCUT2D eigenvalue weighted by Gasteiger charge is 2.31. The van der Waals surface area contributed by atoms with E-state index in [9.17, 15) is 4.57 Å². The van der Waals surface area contributed by atoms with Crippen LogP contribution in [0.25, 0.3) is 0 Å². The van der Waals surface area contributed by atoms with Crippen LogP contribution in [0.15, 0.2) is 23.2 Å². The summed E-state index contributed by atoms with van der Waals surface area (Å²) in [5, 5.41) is 0.672. The Morgan fingerprint density at radius 1 is 1.29 bits per heavy atom. The molecule has 0 atom stereocenters. The Kier molecular flexibility index (Phi) is 5.96. The third kappa shape index (κ3) is 3.98. The smallest absolute Gasteiger partial charge is 0.360 e. The van der Waals surface area contributed by atoms with E-state index in [0.29, 0.717) is 37.3 Å². The predicted octanol–water partition coefficient (Wildman–Crippen LogP) is 3.85. The molecule has 0 saturated carbocycles. The molecule has 0 bridgehead atoms. The molecule has 0 radical (unpaired) electrons. The summed E-state index contributed by atoms with van der Waals surface area (Å²) in [6.07, 6.45) is 5.47. The molecule has 0 N–H and O–H groups in total. The molecule has 5 heteroatoms. The lowest BCUT2D eigenvalue weighted by atomic mass is 10.2. The molecule has 4 nitrogen and oxygen atoms in total. The van der Waals surface area contributed by atoms with Gasteiger partial charge in [0.25, 0.3) is 0 Å². The lowest BCUT2D eigenvalue weighted by Gasteiger charge is -2.22. The van der Waals surface area contributed by atoms with Crippen molar-refractivity contribution in [2.75, 3.05) is 19.8 Å². The van der Waals surface area contributed by atoms with Crippen LogP contribution >= 0.6 is 7.60 Å². The molecular formula is C12H21O4P. The minimum atomic E-state index is -3.18. The Morgan fingerprint density at radius 2 is 1.94 bits per heavy atom. The number of rotatable bonds is 5. The van der Waals surface area contributed by atoms with Gasteiger partial charge in [-0.1, -0.05) is 12.2 Å². The zero-order valence-corrected chi connectivity index (χ0v) is 11.7. The Balaban J connectivity index is 2.97. The third-order valence-corrected chi connectivity index (χ3v) is 4.84. The molecule has 0 saturated heterocycles. The minimum absolute atomic E-state index is 0.365. The highest BCUT2D eigenvalue weighted by Crippen LogP contribution is 2.58. The van der Waals surface area contributed by atoms with Crippen molar-refractivity contribution in [3.05, 3.63) is 23.2 Å². The number of allylic oxidation sites excluding steroid dienone is 3. The summed E-state index contributed by atoms with van der Waals surface area (Å²) in [6.45, 7) is 6.68. The number of hydrogen-bond acceptors (Lipinski definition) is 4. The van der Waals surface area contributed by atoms with Crippen LogP contribution in [0.1, 0.15) is 33.6 Å². The van der Waals surface area contributed by atoms with Crippen LogP contribution in [-0.4, -0.2) is 19.8 Å². The molecule has 1 heterocycles. The normalized spacial score (nSPS) is 23.7. The van der Waals surface area contributed by atoms with Crippen LogP contribution in [0.5, 0.6) is 0 Å².